The van der Waals surface area contributed by atoms with Crippen molar-refractivity contribution in [3.8, 4) is 0 Å². The molecule has 0 spiro atoms. The molecule has 0 aromatic heterocycles. The van der Waals surface area contributed by atoms with E-state index in [1.807, 2.05) is 0 Å². The number of hydrogen-bond acceptors (Lipinski definition) is 4. The molecule has 4 nitrogen and oxygen atoms in total. The van der Waals surface area contributed by atoms with Crippen LogP contribution in [-0.4, -0.2) is 23.9 Å². The van der Waals surface area contributed by atoms with Crippen molar-refractivity contribution in [2.75, 3.05) is 0 Å². The number of halogens is 6. The Morgan fingerprint density at radius 1 is 0.762 bits per heavy atom. The average molecular weight is 361 g/mol. The Bertz CT molecular complexity index is 382. The van der Waals surface area contributed by atoms with E-state index in [0.717, 1.165) is 13.8 Å². The molecule has 11 heteroatoms. The van der Waals surface area contributed by atoms with Crippen LogP contribution in [0.4, 0.5) is 26.3 Å². The number of ketones is 2. The Balaban J connectivity index is -0.000000295. The van der Waals surface area contributed by atoms with Crippen molar-refractivity contribution in [1.82, 2.24) is 0 Å². The summed E-state index contributed by atoms with van der Waals surface area (Å²) in [5, 5.41) is 19.7. The van der Waals surface area contributed by atoms with Gasteiger partial charge in [-0.25, -0.2) is 0 Å². The molecule has 0 unspecified atom stereocenters. The molecule has 21 heavy (non-hydrogen) atoms. The van der Waals surface area contributed by atoms with E-state index >= 15 is 0 Å². The fourth-order valence-corrected chi connectivity index (χ4v) is 0.533. The summed E-state index contributed by atoms with van der Waals surface area (Å²) in [6, 6.07) is 0. The molecular weight excluding hydrogens is 353 g/mol. The van der Waals surface area contributed by atoms with Gasteiger partial charge in [0, 0.05) is 0 Å². The first-order valence-electron chi connectivity index (χ1n) is 4.61. The molecule has 0 aliphatic rings. The molecule has 1 radical (unpaired) electrons. The molecule has 121 valence electrons. The number of carbonyl (C=O) groups excluding carboxylic acids is 2. The quantitative estimate of drug-likeness (QED) is 0.315. The molecule has 0 aliphatic heterocycles. The molecule has 0 N–H and O–H groups in total. The minimum absolute atomic E-state index is 0. The van der Waals surface area contributed by atoms with E-state index in [1.54, 1.807) is 0 Å². The van der Waals surface area contributed by atoms with Crippen LogP contribution in [0, 0.1) is 0 Å². The van der Waals surface area contributed by atoms with Gasteiger partial charge in [-0.2, -0.15) is 26.3 Å². The fraction of sp³-hybridized carbons (Fsp3) is 0.400. The standard InChI is InChI=1S/2C5H5F3O2.Mn/c2*1-3(9)2-4(10)5(6,7)8;/h2*2,10H,1H3;/q;;+2/p-2/b4-2+;4-2-;. The van der Waals surface area contributed by atoms with Crippen molar-refractivity contribution in [2.45, 2.75) is 26.2 Å². The molecule has 0 bridgehead atoms. The maximum Gasteiger partial charge on any atom is 2.00 e. The van der Waals surface area contributed by atoms with E-state index in [2.05, 4.69) is 0 Å². The smallest absolute Gasteiger partial charge is 0.869 e. The largest absolute Gasteiger partial charge is 2.00 e. The Morgan fingerprint density at radius 3 is 1.00 bits per heavy atom. The summed E-state index contributed by atoms with van der Waals surface area (Å²) in [6.45, 7) is 1.76. The van der Waals surface area contributed by atoms with Gasteiger partial charge >= 0.3 is 29.4 Å². The van der Waals surface area contributed by atoms with E-state index in [1.165, 1.54) is 0 Å². The van der Waals surface area contributed by atoms with Gasteiger partial charge in [0.15, 0.2) is 11.6 Å². The van der Waals surface area contributed by atoms with Gasteiger partial charge in [0.2, 0.25) is 0 Å². The van der Waals surface area contributed by atoms with Crippen LogP contribution < -0.4 is 10.2 Å². The first-order chi connectivity index (χ1) is 8.67. The molecule has 0 heterocycles. The first kappa shape index (κ1) is 24.5. The van der Waals surface area contributed by atoms with Crippen LogP contribution in [0.15, 0.2) is 23.7 Å². The molecule has 0 atom stereocenters. The van der Waals surface area contributed by atoms with Crippen LogP contribution in [0.1, 0.15) is 13.8 Å². The summed E-state index contributed by atoms with van der Waals surface area (Å²) < 4.78 is 67.7. The third-order valence-corrected chi connectivity index (χ3v) is 1.23. The number of carbonyl (C=O) groups is 2. The van der Waals surface area contributed by atoms with Gasteiger partial charge in [-0.1, -0.05) is 0 Å². The summed E-state index contributed by atoms with van der Waals surface area (Å²) in [4.78, 5) is 19.8. The van der Waals surface area contributed by atoms with Gasteiger partial charge in [0.25, 0.3) is 0 Å². The van der Waals surface area contributed by atoms with E-state index in [4.69, 9.17) is 0 Å². The molecular formula is C10H8F6MnO4. The topological polar surface area (TPSA) is 80.3 Å². The van der Waals surface area contributed by atoms with Gasteiger partial charge in [-0.15, -0.1) is 0 Å². The number of alkyl halides is 6. The maximum atomic E-state index is 11.3. The Kier molecular flexibility index (Phi) is 11.0. The maximum absolute atomic E-state index is 11.3. The van der Waals surface area contributed by atoms with Crippen LogP contribution >= 0.6 is 0 Å². The Labute approximate surface area is 125 Å². The monoisotopic (exact) mass is 361 g/mol. The van der Waals surface area contributed by atoms with E-state index < -0.39 is 35.4 Å². The zero-order valence-corrected chi connectivity index (χ0v) is 11.6. The van der Waals surface area contributed by atoms with Crippen LogP contribution in [-0.2, 0) is 26.7 Å². The van der Waals surface area contributed by atoms with Crippen molar-refractivity contribution in [1.29, 1.82) is 0 Å². The molecule has 0 saturated heterocycles. The summed E-state index contributed by atoms with van der Waals surface area (Å²) in [6.07, 6.45) is -9.82. The zero-order chi connectivity index (χ0) is 16.7. The van der Waals surface area contributed by atoms with Crippen molar-refractivity contribution in [3.05, 3.63) is 23.7 Å². The van der Waals surface area contributed by atoms with Crippen molar-refractivity contribution < 1.29 is 63.2 Å². The molecule has 0 aromatic rings. The van der Waals surface area contributed by atoms with Crippen LogP contribution in [0.25, 0.3) is 0 Å². The molecule has 0 amide bonds. The molecule has 0 saturated carbocycles. The van der Waals surface area contributed by atoms with E-state index in [0.29, 0.717) is 0 Å². The number of allylic oxidation sites excluding steroid dienone is 4. The first-order valence-corrected chi connectivity index (χ1v) is 4.61. The second kappa shape index (κ2) is 9.45. The Morgan fingerprint density at radius 2 is 0.952 bits per heavy atom. The van der Waals surface area contributed by atoms with Crippen LogP contribution in [0.5, 0.6) is 0 Å². The van der Waals surface area contributed by atoms with Gasteiger partial charge in [0.05, 0.1) is 0 Å². The SMILES string of the molecule is CC(=O)/C=C(/[O-])C(F)(F)F.CC(=O)/C=C(\[O-])C(F)(F)F.[Mn+2]. The van der Waals surface area contributed by atoms with Gasteiger partial charge in [-0.3, -0.25) is 9.59 Å². The normalized spacial score (nSPS) is 12.8. The third-order valence-electron chi connectivity index (χ3n) is 1.23. The summed E-state index contributed by atoms with van der Waals surface area (Å²) in [5.41, 5.74) is 0. The van der Waals surface area contributed by atoms with Crippen molar-refractivity contribution in [3.63, 3.8) is 0 Å². The van der Waals surface area contributed by atoms with Gasteiger partial charge in [-0.05, 0) is 37.5 Å². The third kappa shape index (κ3) is 14.7. The second-order valence-corrected chi connectivity index (χ2v) is 3.23. The van der Waals surface area contributed by atoms with E-state index in [-0.39, 0.29) is 29.2 Å². The minimum Gasteiger partial charge on any atom is -0.869 e. The number of rotatable bonds is 2. The van der Waals surface area contributed by atoms with E-state index in [9.17, 15) is 46.1 Å². The Hall–Kier alpha value is -1.48. The minimum atomic E-state index is -4.92. The van der Waals surface area contributed by atoms with Crippen molar-refractivity contribution >= 4 is 11.6 Å². The summed E-state index contributed by atoms with van der Waals surface area (Å²) in [7, 11) is 0. The summed E-state index contributed by atoms with van der Waals surface area (Å²) >= 11 is 0. The average Bonchev–Trinajstić information content (AvgIpc) is 2.13. The fourth-order valence-electron chi connectivity index (χ4n) is 0.533. The predicted molar refractivity (Wildman–Crippen MR) is 49.6 cm³/mol. The van der Waals surface area contributed by atoms with Crippen LogP contribution in [0.2, 0.25) is 0 Å². The molecule has 0 fully saturated rings. The van der Waals surface area contributed by atoms with Crippen molar-refractivity contribution in [2.24, 2.45) is 0 Å². The summed E-state index contributed by atoms with van der Waals surface area (Å²) in [5.74, 6) is -6.02. The molecule has 0 aromatic carbocycles. The second-order valence-electron chi connectivity index (χ2n) is 3.23. The molecule has 0 aliphatic carbocycles. The van der Waals surface area contributed by atoms with Crippen LogP contribution in [0.3, 0.4) is 0 Å². The number of hydrogen-bond donors (Lipinski definition) is 0. The van der Waals surface area contributed by atoms with Gasteiger partial charge in [0.1, 0.15) is 0 Å². The molecule has 0 rings (SSSR count). The predicted octanol–water partition coefficient (Wildman–Crippen LogP) is 0.761. The zero-order valence-electron chi connectivity index (χ0n) is 10.4. The van der Waals surface area contributed by atoms with Gasteiger partial charge < -0.3 is 10.2 Å².